The fourth-order valence-electron chi connectivity index (χ4n) is 2.83. The summed E-state index contributed by atoms with van der Waals surface area (Å²) in [6.45, 7) is 1.43. The van der Waals surface area contributed by atoms with E-state index in [9.17, 15) is 19.5 Å². The molecule has 9 heteroatoms. The standard InChI is InChI=1S/C20H24N2O7/c1-20(26)15(11-17(24)28-3)14(9-10-16(23)27-2)18(22-20)21-19(25)29-12-13-7-5-4-6-8-13/h4-8,26H,9-12H2,1-3H3,(H,21,22,25). The number of benzene rings is 1. The van der Waals surface area contributed by atoms with Gasteiger partial charge in [0, 0.05) is 12.0 Å². The molecule has 0 saturated heterocycles. The molecule has 9 nitrogen and oxygen atoms in total. The molecule has 0 aromatic heterocycles. The Balaban J connectivity index is 2.16. The Labute approximate surface area is 168 Å². The van der Waals surface area contributed by atoms with Gasteiger partial charge < -0.3 is 19.3 Å². The minimum atomic E-state index is -1.73. The van der Waals surface area contributed by atoms with E-state index in [1.165, 1.54) is 21.1 Å². The highest BCUT2D eigenvalue weighted by Crippen LogP contribution is 2.34. The maximum Gasteiger partial charge on any atom is 0.413 e. The Morgan fingerprint density at radius 3 is 2.38 bits per heavy atom. The van der Waals surface area contributed by atoms with Crippen LogP contribution in [0.15, 0.2) is 46.5 Å². The summed E-state index contributed by atoms with van der Waals surface area (Å²) in [5.74, 6) is -1.03. The summed E-state index contributed by atoms with van der Waals surface area (Å²) in [6.07, 6.45) is -0.939. The molecule has 2 rings (SSSR count). The van der Waals surface area contributed by atoms with Gasteiger partial charge in [-0.2, -0.15) is 0 Å². The molecule has 29 heavy (non-hydrogen) atoms. The Kier molecular flexibility index (Phi) is 7.49. The van der Waals surface area contributed by atoms with Crippen molar-refractivity contribution in [1.29, 1.82) is 0 Å². The maximum atomic E-state index is 12.2. The number of carbonyl (C=O) groups is 3. The van der Waals surface area contributed by atoms with Crippen molar-refractivity contribution in [2.45, 2.75) is 38.5 Å². The number of amides is 1. The summed E-state index contributed by atoms with van der Waals surface area (Å²) in [5.41, 5.74) is -0.327. The maximum absolute atomic E-state index is 12.2. The Morgan fingerprint density at radius 2 is 1.76 bits per heavy atom. The highest BCUT2D eigenvalue weighted by Gasteiger charge is 2.38. The summed E-state index contributed by atoms with van der Waals surface area (Å²) in [7, 11) is 2.48. The molecule has 1 aromatic rings. The monoisotopic (exact) mass is 404 g/mol. The third kappa shape index (κ3) is 6.15. The number of methoxy groups -OCH3 is 2. The molecular formula is C20H24N2O7. The molecule has 0 fully saturated rings. The van der Waals surface area contributed by atoms with Crippen LogP contribution in [0.2, 0.25) is 0 Å². The molecule has 1 unspecified atom stereocenters. The van der Waals surface area contributed by atoms with Crippen molar-refractivity contribution in [3.8, 4) is 0 Å². The van der Waals surface area contributed by atoms with E-state index in [2.05, 4.69) is 19.8 Å². The van der Waals surface area contributed by atoms with Crippen LogP contribution in [-0.2, 0) is 30.4 Å². The molecule has 0 spiro atoms. The van der Waals surface area contributed by atoms with Gasteiger partial charge in [0.05, 0.1) is 20.6 Å². The van der Waals surface area contributed by atoms with E-state index in [0.717, 1.165) is 5.56 Å². The van der Waals surface area contributed by atoms with Gasteiger partial charge in [0.25, 0.3) is 0 Å². The second kappa shape index (κ2) is 9.83. The summed E-state index contributed by atoms with van der Waals surface area (Å²) in [5, 5.41) is 13.1. The number of amidine groups is 1. The van der Waals surface area contributed by atoms with Crippen LogP contribution in [0.3, 0.4) is 0 Å². The Bertz CT molecular complexity index is 828. The van der Waals surface area contributed by atoms with Crippen LogP contribution in [0, 0.1) is 0 Å². The summed E-state index contributed by atoms with van der Waals surface area (Å²) < 4.78 is 14.5. The average Bonchev–Trinajstić information content (AvgIpc) is 2.94. The molecule has 2 N–H and O–H groups in total. The molecule has 1 aromatic carbocycles. The second-order valence-corrected chi connectivity index (χ2v) is 6.45. The molecule has 0 saturated carbocycles. The van der Waals surface area contributed by atoms with E-state index < -0.39 is 23.8 Å². The van der Waals surface area contributed by atoms with Crippen molar-refractivity contribution in [2.75, 3.05) is 14.2 Å². The van der Waals surface area contributed by atoms with E-state index in [1.54, 1.807) is 12.1 Å². The van der Waals surface area contributed by atoms with Crippen LogP contribution in [0.5, 0.6) is 0 Å². The van der Waals surface area contributed by atoms with Crippen LogP contribution < -0.4 is 5.32 Å². The first-order valence-corrected chi connectivity index (χ1v) is 8.93. The van der Waals surface area contributed by atoms with Gasteiger partial charge >= 0.3 is 18.0 Å². The lowest BCUT2D eigenvalue weighted by Crippen LogP contribution is -2.32. The lowest BCUT2D eigenvalue weighted by Gasteiger charge is -2.18. The topological polar surface area (TPSA) is 124 Å². The van der Waals surface area contributed by atoms with Crippen LogP contribution >= 0.6 is 0 Å². The van der Waals surface area contributed by atoms with Crippen LogP contribution in [-0.4, -0.2) is 48.9 Å². The lowest BCUT2D eigenvalue weighted by atomic mass is 9.95. The number of ether oxygens (including phenoxy) is 3. The molecule has 0 aliphatic carbocycles. The normalized spacial score (nSPS) is 18.1. The van der Waals surface area contributed by atoms with Gasteiger partial charge in [-0.3, -0.25) is 14.9 Å². The number of aliphatic imine (C=N–C) groups is 1. The zero-order valence-corrected chi connectivity index (χ0v) is 16.6. The van der Waals surface area contributed by atoms with Crippen LogP contribution in [0.1, 0.15) is 31.7 Å². The number of hydrogen-bond acceptors (Lipinski definition) is 8. The number of carbonyl (C=O) groups excluding carboxylic acids is 3. The van der Waals surface area contributed by atoms with Crippen molar-refractivity contribution in [2.24, 2.45) is 4.99 Å². The van der Waals surface area contributed by atoms with Crippen LogP contribution in [0.25, 0.3) is 0 Å². The third-order valence-electron chi connectivity index (χ3n) is 4.34. The zero-order valence-electron chi connectivity index (χ0n) is 16.6. The number of esters is 2. The van der Waals surface area contributed by atoms with Gasteiger partial charge in [-0.15, -0.1) is 0 Å². The minimum absolute atomic E-state index is 0.0215. The predicted molar refractivity (Wildman–Crippen MR) is 103 cm³/mol. The number of alkyl carbamates (subject to hydrolysis) is 1. The quantitative estimate of drug-likeness (QED) is 0.525. The van der Waals surface area contributed by atoms with Crippen molar-refractivity contribution in [1.82, 2.24) is 5.32 Å². The van der Waals surface area contributed by atoms with Gasteiger partial charge in [-0.25, -0.2) is 9.79 Å². The fraction of sp³-hybridized carbons (Fsp3) is 0.400. The number of nitrogens with zero attached hydrogens (tertiary/aromatic N) is 1. The molecule has 1 aliphatic rings. The molecule has 1 atom stereocenters. The Hall–Kier alpha value is -3.20. The van der Waals surface area contributed by atoms with Gasteiger partial charge in [0.1, 0.15) is 12.4 Å². The first-order chi connectivity index (χ1) is 13.8. The SMILES string of the molecule is COC(=O)CCC1=C(CC(=O)OC)C(C)(O)N=C1NC(=O)OCc1ccccc1. The third-order valence-corrected chi connectivity index (χ3v) is 4.34. The highest BCUT2D eigenvalue weighted by atomic mass is 16.5. The Morgan fingerprint density at radius 1 is 1.10 bits per heavy atom. The molecule has 156 valence electrons. The molecule has 0 radical (unpaired) electrons. The van der Waals surface area contributed by atoms with Crippen molar-refractivity contribution < 1.29 is 33.7 Å². The van der Waals surface area contributed by atoms with Crippen LogP contribution in [0.4, 0.5) is 4.79 Å². The zero-order chi connectivity index (χ0) is 21.4. The predicted octanol–water partition coefficient (Wildman–Crippen LogP) is 1.85. The van der Waals surface area contributed by atoms with E-state index in [1.807, 2.05) is 18.2 Å². The van der Waals surface area contributed by atoms with Gasteiger partial charge in [0.15, 0.2) is 5.72 Å². The highest BCUT2D eigenvalue weighted by molar-refractivity contribution is 6.09. The smallest absolute Gasteiger partial charge is 0.413 e. The van der Waals surface area contributed by atoms with Crippen molar-refractivity contribution in [3.05, 3.63) is 47.0 Å². The number of hydrogen-bond donors (Lipinski definition) is 2. The summed E-state index contributed by atoms with van der Waals surface area (Å²) >= 11 is 0. The van der Waals surface area contributed by atoms with Gasteiger partial charge in [-0.1, -0.05) is 30.3 Å². The minimum Gasteiger partial charge on any atom is -0.469 e. The van der Waals surface area contributed by atoms with Crippen molar-refractivity contribution in [3.63, 3.8) is 0 Å². The number of nitrogens with one attached hydrogen (secondary N) is 1. The summed E-state index contributed by atoms with van der Waals surface area (Å²) in [4.78, 5) is 39.6. The van der Waals surface area contributed by atoms with E-state index >= 15 is 0 Å². The van der Waals surface area contributed by atoms with Gasteiger partial charge in [0.2, 0.25) is 0 Å². The average molecular weight is 404 g/mol. The molecular weight excluding hydrogens is 380 g/mol. The second-order valence-electron chi connectivity index (χ2n) is 6.45. The lowest BCUT2D eigenvalue weighted by molar-refractivity contribution is -0.141. The van der Waals surface area contributed by atoms with E-state index in [-0.39, 0.29) is 37.3 Å². The first kappa shape index (κ1) is 22.1. The van der Waals surface area contributed by atoms with Gasteiger partial charge in [-0.05, 0) is 24.5 Å². The first-order valence-electron chi connectivity index (χ1n) is 8.93. The molecule has 1 aliphatic heterocycles. The number of rotatable bonds is 7. The van der Waals surface area contributed by atoms with E-state index in [0.29, 0.717) is 5.57 Å². The molecule has 0 bridgehead atoms. The van der Waals surface area contributed by atoms with Crippen molar-refractivity contribution >= 4 is 23.9 Å². The number of aliphatic hydroxyl groups is 1. The fourth-order valence-corrected chi connectivity index (χ4v) is 2.83. The summed E-state index contributed by atoms with van der Waals surface area (Å²) in [6, 6.07) is 9.10. The molecule has 1 amide bonds. The molecule has 1 heterocycles. The largest absolute Gasteiger partial charge is 0.469 e. The van der Waals surface area contributed by atoms with E-state index in [4.69, 9.17) is 4.74 Å².